The van der Waals surface area contributed by atoms with E-state index in [4.69, 9.17) is 10.2 Å². The quantitative estimate of drug-likeness (QED) is 0.860. The molecule has 0 saturated heterocycles. The summed E-state index contributed by atoms with van der Waals surface area (Å²) in [5, 5.41) is 0. The minimum Gasteiger partial charge on any atom is -0.436 e. The van der Waals surface area contributed by atoms with Crippen molar-refractivity contribution in [1.82, 2.24) is 9.88 Å². The fourth-order valence-electron chi connectivity index (χ4n) is 1.68. The molecule has 2 N–H and O–H groups in total. The van der Waals surface area contributed by atoms with Crippen LogP contribution in [0.3, 0.4) is 0 Å². The number of hydrogen-bond donors (Lipinski definition) is 1. The molecule has 0 atom stereocenters. The van der Waals surface area contributed by atoms with Crippen molar-refractivity contribution in [1.29, 1.82) is 0 Å². The Kier molecular flexibility index (Phi) is 3.93. The Morgan fingerprint density at radius 1 is 1.47 bits per heavy atom. The molecule has 0 radical (unpaired) electrons. The van der Waals surface area contributed by atoms with Crippen molar-refractivity contribution in [3.8, 4) is 0 Å². The maximum atomic E-state index is 12.1. The Labute approximate surface area is 102 Å². The first-order valence-corrected chi connectivity index (χ1v) is 5.66. The van der Waals surface area contributed by atoms with Gasteiger partial charge in [0.2, 0.25) is 5.76 Å². The maximum absolute atomic E-state index is 12.1. The number of aryl methyl sites for hydroxylation is 2. The smallest absolute Gasteiger partial charge is 0.291 e. The number of rotatable bonds is 4. The number of carbonyl (C=O) groups excluding carboxylic acids is 1. The van der Waals surface area contributed by atoms with Crippen LogP contribution in [0.4, 0.5) is 0 Å². The minimum atomic E-state index is -0.148. The van der Waals surface area contributed by atoms with Crippen molar-refractivity contribution in [3.05, 3.63) is 17.3 Å². The van der Waals surface area contributed by atoms with Crippen molar-refractivity contribution < 1.29 is 9.21 Å². The lowest BCUT2D eigenvalue weighted by atomic mass is 9.93. The van der Waals surface area contributed by atoms with Gasteiger partial charge < -0.3 is 15.1 Å². The van der Waals surface area contributed by atoms with Gasteiger partial charge in [0.25, 0.3) is 5.91 Å². The predicted octanol–water partition coefficient (Wildman–Crippen LogP) is 1.35. The van der Waals surface area contributed by atoms with Gasteiger partial charge in [-0.05, 0) is 18.9 Å². The third-order valence-electron chi connectivity index (χ3n) is 2.66. The number of nitrogens with zero attached hydrogens (tertiary/aromatic N) is 2. The molecular formula is C12H21N3O2. The summed E-state index contributed by atoms with van der Waals surface area (Å²) in [6.45, 7) is 8.66. The molecule has 0 unspecified atom stereocenters. The number of hydrogen-bond acceptors (Lipinski definition) is 4. The van der Waals surface area contributed by atoms with E-state index < -0.39 is 0 Å². The lowest BCUT2D eigenvalue weighted by Crippen LogP contribution is -2.39. The molecule has 1 aromatic rings. The van der Waals surface area contributed by atoms with Crippen LogP contribution in [-0.4, -0.2) is 35.9 Å². The molecule has 0 aromatic carbocycles. The molecule has 5 heteroatoms. The fraction of sp³-hybridized carbons (Fsp3) is 0.667. The van der Waals surface area contributed by atoms with Gasteiger partial charge in [0, 0.05) is 20.5 Å². The molecule has 0 aliphatic rings. The average Bonchev–Trinajstić information content (AvgIpc) is 2.56. The molecule has 1 heterocycles. The summed E-state index contributed by atoms with van der Waals surface area (Å²) in [5.41, 5.74) is 6.18. The van der Waals surface area contributed by atoms with E-state index in [2.05, 4.69) is 4.98 Å². The molecule has 0 aliphatic heterocycles. The summed E-state index contributed by atoms with van der Waals surface area (Å²) in [5.74, 6) is 0.680. The van der Waals surface area contributed by atoms with E-state index in [9.17, 15) is 4.79 Å². The van der Waals surface area contributed by atoms with Gasteiger partial charge >= 0.3 is 0 Å². The van der Waals surface area contributed by atoms with Crippen LogP contribution in [0.15, 0.2) is 4.42 Å². The molecule has 0 bridgehead atoms. The predicted molar refractivity (Wildman–Crippen MR) is 65.8 cm³/mol. The molecule has 0 spiro atoms. The van der Waals surface area contributed by atoms with Gasteiger partial charge in [-0.2, -0.15) is 0 Å². The zero-order chi connectivity index (χ0) is 13.2. The van der Waals surface area contributed by atoms with Crippen molar-refractivity contribution in [2.24, 2.45) is 11.1 Å². The van der Waals surface area contributed by atoms with Crippen molar-refractivity contribution >= 4 is 5.91 Å². The van der Waals surface area contributed by atoms with Crippen LogP contribution in [0.1, 0.15) is 36.0 Å². The molecule has 1 aromatic heterocycles. The highest BCUT2D eigenvalue weighted by Gasteiger charge is 2.25. The van der Waals surface area contributed by atoms with Crippen molar-refractivity contribution in [3.63, 3.8) is 0 Å². The molecule has 5 nitrogen and oxygen atoms in total. The highest BCUT2D eigenvalue weighted by atomic mass is 16.4. The highest BCUT2D eigenvalue weighted by Crippen LogP contribution is 2.17. The van der Waals surface area contributed by atoms with Crippen LogP contribution >= 0.6 is 0 Å². The van der Waals surface area contributed by atoms with E-state index in [1.807, 2.05) is 13.8 Å². The molecule has 0 fully saturated rings. The highest BCUT2D eigenvalue weighted by molar-refractivity contribution is 5.92. The largest absolute Gasteiger partial charge is 0.436 e. The SMILES string of the molecule is Cc1nc(C)c(C(=O)N(C)CC(C)(C)CN)o1. The van der Waals surface area contributed by atoms with Crippen LogP contribution in [0, 0.1) is 19.3 Å². The van der Waals surface area contributed by atoms with Gasteiger partial charge in [-0.25, -0.2) is 4.98 Å². The third-order valence-corrected chi connectivity index (χ3v) is 2.66. The van der Waals surface area contributed by atoms with Gasteiger partial charge in [-0.1, -0.05) is 13.8 Å². The monoisotopic (exact) mass is 239 g/mol. The molecule has 1 rings (SSSR count). The van der Waals surface area contributed by atoms with Crippen LogP contribution < -0.4 is 5.73 Å². The van der Waals surface area contributed by atoms with Gasteiger partial charge in [0.15, 0.2) is 5.89 Å². The summed E-state index contributed by atoms with van der Waals surface area (Å²) < 4.78 is 5.31. The second-order valence-corrected chi connectivity index (χ2v) is 5.18. The Balaban J connectivity index is 2.80. The van der Waals surface area contributed by atoms with Gasteiger partial charge in [-0.15, -0.1) is 0 Å². The van der Waals surface area contributed by atoms with E-state index in [-0.39, 0.29) is 11.3 Å². The van der Waals surface area contributed by atoms with Crippen LogP contribution in [-0.2, 0) is 0 Å². The van der Waals surface area contributed by atoms with E-state index in [1.165, 1.54) is 0 Å². The fourth-order valence-corrected chi connectivity index (χ4v) is 1.68. The molecule has 17 heavy (non-hydrogen) atoms. The zero-order valence-electron chi connectivity index (χ0n) is 11.2. The summed E-state index contributed by atoms with van der Waals surface area (Å²) >= 11 is 0. The average molecular weight is 239 g/mol. The van der Waals surface area contributed by atoms with Crippen molar-refractivity contribution in [2.45, 2.75) is 27.7 Å². The van der Waals surface area contributed by atoms with E-state index in [0.29, 0.717) is 30.4 Å². The van der Waals surface area contributed by atoms with Gasteiger partial charge in [-0.3, -0.25) is 4.79 Å². The third kappa shape index (κ3) is 3.30. The number of amides is 1. The van der Waals surface area contributed by atoms with Crippen LogP contribution in [0.25, 0.3) is 0 Å². The normalized spacial score (nSPS) is 11.6. The lowest BCUT2D eigenvalue weighted by molar-refractivity contribution is 0.0706. The summed E-state index contributed by atoms with van der Waals surface area (Å²) in [7, 11) is 1.75. The van der Waals surface area contributed by atoms with E-state index >= 15 is 0 Å². The van der Waals surface area contributed by atoms with E-state index in [1.54, 1.807) is 25.8 Å². The van der Waals surface area contributed by atoms with Gasteiger partial charge in [0.1, 0.15) is 0 Å². The number of nitrogens with two attached hydrogens (primary N) is 1. The van der Waals surface area contributed by atoms with Crippen molar-refractivity contribution in [2.75, 3.05) is 20.1 Å². The Hall–Kier alpha value is -1.36. The summed E-state index contributed by atoms with van der Waals surface area (Å²) in [6, 6.07) is 0. The Morgan fingerprint density at radius 3 is 2.47 bits per heavy atom. The zero-order valence-corrected chi connectivity index (χ0v) is 11.2. The summed E-state index contributed by atoms with van der Waals surface area (Å²) in [4.78, 5) is 17.8. The van der Waals surface area contributed by atoms with Crippen LogP contribution in [0.5, 0.6) is 0 Å². The molecule has 0 saturated carbocycles. The summed E-state index contributed by atoms with van der Waals surface area (Å²) in [6.07, 6.45) is 0. The first kappa shape index (κ1) is 13.7. The van der Waals surface area contributed by atoms with E-state index in [0.717, 1.165) is 0 Å². The van der Waals surface area contributed by atoms with Gasteiger partial charge in [0.05, 0.1) is 5.69 Å². The second kappa shape index (κ2) is 4.87. The molecule has 1 amide bonds. The second-order valence-electron chi connectivity index (χ2n) is 5.18. The first-order valence-electron chi connectivity index (χ1n) is 5.66. The molecule has 0 aliphatic carbocycles. The standard InChI is InChI=1S/C12H21N3O2/c1-8-10(17-9(2)14-8)11(16)15(5)7-12(3,4)6-13/h6-7,13H2,1-5H3. The Morgan fingerprint density at radius 2 is 2.06 bits per heavy atom. The van der Waals surface area contributed by atoms with Crippen LogP contribution in [0.2, 0.25) is 0 Å². The number of carbonyl (C=O) groups is 1. The Bertz CT molecular complexity index is 410. The lowest BCUT2D eigenvalue weighted by Gasteiger charge is -2.28. The number of oxazole rings is 1. The minimum absolute atomic E-state index is 0.104. The molecular weight excluding hydrogens is 218 g/mol. The first-order chi connectivity index (χ1) is 7.76. The topological polar surface area (TPSA) is 72.4 Å². The number of aromatic nitrogens is 1. The maximum Gasteiger partial charge on any atom is 0.291 e. The molecule has 96 valence electrons.